The van der Waals surface area contributed by atoms with Crippen molar-refractivity contribution in [1.29, 1.82) is 0 Å². The van der Waals surface area contributed by atoms with Crippen LogP contribution in [0.2, 0.25) is 0 Å². The summed E-state index contributed by atoms with van der Waals surface area (Å²) in [6.07, 6.45) is 3.21. The highest BCUT2D eigenvalue weighted by Crippen LogP contribution is 2.06. The molecule has 0 heterocycles. The first-order chi connectivity index (χ1) is 7.08. The first-order valence-corrected chi connectivity index (χ1v) is 4.59. The fraction of sp³-hybridized carbons (Fsp3) is 0.182. The molecular weight excluding hydrogens is 190 g/mol. The fourth-order valence-corrected chi connectivity index (χ4v) is 1.04. The summed E-state index contributed by atoms with van der Waals surface area (Å²) < 4.78 is 0. The molecule has 1 rings (SSSR count). The fourth-order valence-electron chi connectivity index (χ4n) is 1.04. The second-order valence-corrected chi connectivity index (χ2v) is 3.37. The number of carbonyl (C=O) groups is 1. The minimum Gasteiger partial charge on any atom is -0.399 e. The molecular formula is C11H15N3O. The third-order valence-corrected chi connectivity index (χ3v) is 1.70. The zero-order valence-electron chi connectivity index (χ0n) is 8.90. The Kier molecular flexibility index (Phi) is 3.88. The van der Waals surface area contributed by atoms with Crippen LogP contribution in [0.4, 0.5) is 5.69 Å². The number of nitrogens with two attached hydrogens (primary N) is 1. The first kappa shape index (κ1) is 11.3. The molecule has 0 aromatic heterocycles. The molecule has 0 spiro atoms. The van der Waals surface area contributed by atoms with E-state index < -0.39 is 0 Å². The number of rotatable bonds is 3. The summed E-state index contributed by atoms with van der Waals surface area (Å²) in [6.45, 7) is 0. The van der Waals surface area contributed by atoms with Crippen LogP contribution in [0, 0.1) is 0 Å². The van der Waals surface area contributed by atoms with Crippen molar-refractivity contribution in [3.05, 3.63) is 35.9 Å². The Morgan fingerprint density at radius 1 is 1.33 bits per heavy atom. The van der Waals surface area contributed by atoms with Crippen molar-refractivity contribution in [2.45, 2.75) is 0 Å². The molecule has 0 aliphatic heterocycles. The molecule has 0 unspecified atom stereocenters. The lowest BCUT2D eigenvalue weighted by Gasteiger charge is -2.08. The summed E-state index contributed by atoms with van der Waals surface area (Å²) in [5.74, 6) is -0.156. The summed E-state index contributed by atoms with van der Waals surface area (Å²) in [5.41, 5.74) is 9.80. The molecule has 1 amide bonds. The van der Waals surface area contributed by atoms with Crippen LogP contribution < -0.4 is 11.2 Å². The smallest absolute Gasteiger partial charge is 0.258 e. The van der Waals surface area contributed by atoms with Crippen LogP contribution in [0.5, 0.6) is 0 Å². The average molecular weight is 205 g/mol. The van der Waals surface area contributed by atoms with Crippen molar-refractivity contribution in [1.82, 2.24) is 10.4 Å². The SMILES string of the molecule is CN(C)NC(=O)/C=C/c1ccc(N)cc1. The van der Waals surface area contributed by atoms with Gasteiger partial charge >= 0.3 is 0 Å². The number of hydrazine groups is 1. The molecule has 0 fully saturated rings. The molecule has 15 heavy (non-hydrogen) atoms. The molecule has 80 valence electrons. The van der Waals surface area contributed by atoms with E-state index in [1.807, 2.05) is 12.1 Å². The minimum atomic E-state index is -0.156. The van der Waals surface area contributed by atoms with Gasteiger partial charge in [0.25, 0.3) is 5.91 Å². The predicted octanol–water partition coefficient (Wildman–Crippen LogP) is 0.875. The van der Waals surface area contributed by atoms with Crippen molar-refractivity contribution in [3.8, 4) is 0 Å². The van der Waals surface area contributed by atoms with Crippen LogP contribution in [0.25, 0.3) is 6.08 Å². The number of benzene rings is 1. The normalized spacial score (nSPS) is 10.9. The molecule has 4 nitrogen and oxygen atoms in total. The zero-order valence-corrected chi connectivity index (χ0v) is 8.90. The summed E-state index contributed by atoms with van der Waals surface area (Å²) in [4.78, 5) is 11.2. The van der Waals surface area contributed by atoms with Crippen LogP contribution in [0.15, 0.2) is 30.3 Å². The third-order valence-electron chi connectivity index (χ3n) is 1.70. The molecule has 0 radical (unpaired) electrons. The van der Waals surface area contributed by atoms with Gasteiger partial charge in [-0.1, -0.05) is 12.1 Å². The Bertz CT molecular complexity index is 355. The maximum atomic E-state index is 11.2. The van der Waals surface area contributed by atoms with E-state index in [1.165, 1.54) is 6.08 Å². The van der Waals surface area contributed by atoms with Crippen LogP contribution in [-0.2, 0) is 4.79 Å². The van der Waals surface area contributed by atoms with Gasteiger partial charge in [0.1, 0.15) is 0 Å². The lowest BCUT2D eigenvalue weighted by atomic mass is 10.2. The summed E-state index contributed by atoms with van der Waals surface area (Å²) in [6, 6.07) is 7.30. The molecule has 3 N–H and O–H groups in total. The van der Waals surface area contributed by atoms with Crippen molar-refractivity contribution in [2.24, 2.45) is 0 Å². The maximum Gasteiger partial charge on any atom is 0.258 e. The van der Waals surface area contributed by atoms with E-state index in [-0.39, 0.29) is 5.91 Å². The van der Waals surface area contributed by atoms with Gasteiger partial charge in [-0.05, 0) is 23.8 Å². The molecule has 0 aliphatic rings. The summed E-state index contributed by atoms with van der Waals surface area (Å²) in [7, 11) is 3.52. The second-order valence-electron chi connectivity index (χ2n) is 3.37. The van der Waals surface area contributed by atoms with Crippen LogP contribution in [0.3, 0.4) is 0 Å². The number of hydrogen-bond donors (Lipinski definition) is 2. The first-order valence-electron chi connectivity index (χ1n) is 4.59. The van der Waals surface area contributed by atoms with Crippen LogP contribution in [0.1, 0.15) is 5.56 Å². The van der Waals surface area contributed by atoms with Crippen LogP contribution in [-0.4, -0.2) is 25.0 Å². The molecule has 4 heteroatoms. The van der Waals surface area contributed by atoms with Gasteiger partial charge in [0.2, 0.25) is 0 Å². The standard InChI is InChI=1S/C11H15N3O/c1-14(2)13-11(15)8-5-9-3-6-10(12)7-4-9/h3-8H,12H2,1-2H3,(H,13,15)/b8-5+. The molecule has 1 aromatic rings. The van der Waals surface area contributed by atoms with Gasteiger partial charge in [-0.3, -0.25) is 10.2 Å². The Labute approximate surface area is 89.3 Å². The van der Waals surface area contributed by atoms with Gasteiger partial charge in [-0.15, -0.1) is 0 Å². The Hall–Kier alpha value is -1.81. The van der Waals surface area contributed by atoms with Gasteiger partial charge in [-0.2, -0.15) is 0 Å². The van der Waals surface area contributed by atoms with Crippen molar-refractivity contribution < 1.29 is 4.79 Å². The maximum absolute atomic E-state index is 11.2. The van der Waals surface area contributed by atoms with Gasteiger partial charge in [0, 0.05) is 25.9 Å². The van der Waals surface area contributed by atoms with E-state index in [2.05, 4.69) is 5.43 Å². The molecule has 0 saturated heterocycles. The van der Waals surface area contributed by atoms with Gasteiger partial charge in [0.05, 0.1) is 0 Å². The largest absolute Gasteiger partial charge is 0.399 e. The molecule has 0 bridgehead atoms. The number of hydrogen-bond acceptors (Lipinski definition) is 3. The summed E-state index contributed by atoms with van der Waals surface area (Å²) in [5, 5.41) is 1.59. The highest BCUT2D eigenvalue weighted by Gasteiger charge is 1.95. The number of carbonyl (C=O) groups excluding carboxylic acids is 1. The van der Waals surface area contributed by atoms with E-state index in [1.54, 1.807) is 37.3 Å². The van der Waals surface area contributed by atoms with Gasteiger partial charge in [0.15, 0.2) is 0 Å². The quantitative estimate of drug-likeness (QED) is 0.437. The monoisotopic (exact) mass is 205 g/mol. The van der Waals surface area contributed by atoms with Crippen molar-refractivity contribution in [2.75, 3.05) is 19.8 Å². The number of amides is 1. The van der Waals surface area contributed by atoms with E-state index >= 15 is 0 Å². The number of anilines is 1. The minimum absolute atomic E-state index is 0.156. The van der Waals surface area contributed by atoms with Gasteiger partial charge in [-0.25, -0.2) is 5.01 Å². The summed E-state index contributed by atoms with van der Waals surface area (Å²) >= 11 is 0. The third kappa shape index (κ3) is 4.28. The highest BCUT2D eigenvalue weighted by molar-refractivity contribution is 5.91. The number of nitrogens with one attached hydrogen (secondary N) is 1. The zero-order chi connectivity index (χ0) is 11.3. The van der Waals surface area contributed by atoms with E-state index in [4.69, 9.17) is 5.73 Å². The Balaban J connectivity index is 2.57. The van der Waals surface area contributed by atoms with E-state index in [0.29, 0.717) is 5.69 Å². The Morgan fingerprint density at radius 2 is 1.93 bits per heavy atom. The lowest BCUT2D eigenvalue weighted by molar-refractivity contribution is -0.119. The lowest BCUT2D eigenvalue weighted by Crippen LogP contribution is -2.34. The average Bonchev–Trinajstić information content (AvgIpc) is 2.16. The van der Waals surface area contributed by atoms with Crippen molar-refractivity contribution >= 4 is 17.7 Å². The van der Waals surface area contributed by atoms with Crippen LogP contribution >= 0.6 is 0 Å². The topological polar surface area (TPSA) is 58.4 Å². The van der Waals surface area contributed by atoms with E-state index in [0.717, 1.165) is 5.56 Å². The van der Waals surface area contributed by atoms with Crippen molar-refractivity contribution in [3.63, 3.8) is 0 Å². The van der Waals surface area contributed by atoms with Gasteiger partial charge < -0.3 is 5.73 Å². The second kappa shape index (κ2) is 5.17. The number of nitrogens with zero attached hydrogens (tertiary/aromatic N) is 1. The highest BCUT2D eigenvalue weighted by atomic mass is 16.2. The predicted molar refractivity (Wildman–Crippen MR) is 61.7 cm³/mol. The van der Waals surface area contributed by atoms with E-state index in [9.17, 15) is 4.79 Å². The number of nitrogen functional groups attached to an aromatic ring is 1. The molecule has 0 saturated carbocycles. The Morgan fingerprint density at radius 3 is 2.47 bits per heavy atom. The molecule has 0 atom stereocenters. The molecule has 1 aromatic carbocycles. The molecule has 0 aliphatic carbocycles.